The number of rotatable bonds is 2. The normalized spacial score (nSPS) is 23.6. The molecule has 0 amide bonds. The molecule has 1 aliphatic carbocycles. The zero-order chi connectivity index (χ0) is 13.6. The maximum Gasteiger partial charge on any atom is 0.112 e. The van der Waals surface area contributed by atoms with Gasteiger partial charge in [-0.25, -0.2) is 4.98 Å². The van der Waals surface area contributed by atoms with Crippen LogP contribution >= 0.6 is 0 Å². The molecule has 19 heavy (non-hydrogen) atoms. The predicted molar refractivity (Wildman–Crippen MR) is 80.3 cm³/mol. The van der Waals surface area contributed by atoms with Crippen LogP contribution < -0.4 is 5.73 Å². The molecular formula is C16H23N3. The standard InChI is InChI=1S/C16H23N3/c1-10(2)16-18-13-9-12(17)7-8-15(13)19(16)14-6-4-5-11(14)3/h7-11,14H,4-6,17H2,1-3H3. The Kier molecular flexibility index (Phi) is 3.00. The molecule has 2 aromatic rings. The average Bonchev–Trinajstić information content (AvgIpc) is 2.91. The summed E-state index contributed by atoms with van der Waals surface area (Å²) in [7, 11) is 0. The second kappa shape index (κ2) is 4.55. The van der Waals surface area contributed by atoms with Crippen molar-refractivity contribution in [2.75, 3.05) is 5.73 Å². The predicted octanol–water partition coefficient (Wildman–Crippen LogP) is 4.10. The number of anilines is 1. The van der Waals surface area contributed by atoms with Gasteiger partial charge in [-0.05, 0) is 37.0 Å². The molecule has 1 aromatic carbocycles. The van der Waals surface area contributed by atoms with E-state index in [1.807, 2.05) is 12.1 Å². The fraction of sp³-hybridized carbons (Fsp3) is 0.562. The van der Waals surface area contributed by atoms with Gasteiger partial charge in [-0.15, -0.1) is 0 Å². The summed E-state index contributed by atoms with van der Waals surface area (Å²) in [4.78, 5) is 4.84. The Labute approximate surface area is 114 Å². The maximum absolute atomic E-state index is 5.89. The highest BCUT2D eigenvalue weighted by molar-refractivity contribution is 5.80. The first-order chi connectivity index (χ1) is 9.08. The van der Waals surface area contributed by atoms with E-state index in [9.17, 15) is 0 Å². The van der Waals surface area contributed by atoms with E-state index in [1.165, 1.54) is 30.6 Å². The van der Waals surface area contributed by atoms with Crippen LogP contribution in [0.25, 0.3) is 11.0 Å². The van der Waals surface area contributed by atoms with E-state index in [4.69, 9.17) is 10.7 Å². The van der Waals surface area contributed by atoms with E-state index >= 15 is 0 Å². The molecule has 0 spiro atoms. The van der Waals surface area contributed by atoms with Crippen molar-refractivity contribution in [2.45, 2.75) is 52.0 Å². The highest BCUT2D eigenvalue weighted by Crippen LogP contribution is 2.39. The molecule has 1 aromatic heterocycles. The summed E-state index contributed by atoms with van der Waals surface area (Å²) in [6.45, 7) is 6.81. The van der Waals surface area contributed by atoms with Gasteiger partial charge in [0.1, 0.15) is 5.82 Å². The molecule has 0 radical (unpaired) electrons. The van der Waals surface area contributed by atoms with Gasteiger partial charge in [0.25, 0.3) is 0 Å². The molecule has 1 saturated carbocycles. The lowest BCUT2D eigenvalue weighted by Crippen LogP contribution is -2.15. The summed E-state index contributed by atoms with van der Waals surface area (Å²) in [5.74, 6) is 2.40. The number of nitrogens with two attached hydrogens (primary N) is 1. The molecule has 3 heteroatoms. The molecule has 1 aliphatic rings. The van der Waals surface area contributed by atoms with Gasteiger partial charge in [-0.2, -0.15) is 0 Å². The Balaban J connectivity index is 2.22. The number of nitrogens with zero attached hydrogens (tertiary/aromatic N) is 2. The molecule has 102 valence electrons. The number of imidazole rings is 1. The molecule has 0 bridgehead atoms. The minimum absolute atomic E-state index is 0.446. The first kappa shape index (κ1) is 12.5. The fourth-order valence-electron chi connectivity index (χ4n) is 3.40. The van der Waals surface area contributed by atoms with Crippen LogP contribution in [0.4, 0.5) is 5.69 Å². The van der Waals surface area contributed by atoms with Crippen molar-refractivity contribution in [3.63, 3.8) is 0 Å². The molecule has 2 N–H and O–H groups in total. The number of benzene rings is 1. The third-order valence-electron chi connectivity index (χ3n) is 4.41. The SMILES string of the molecule is CC(C)c1nc2cc(N)ccc2n1C1CCCC1C. The Morgan fingerprint density at radius 1 is 1.32 bits per heavy atom. The second-order valence-electron chi connectivity index (χ2n) is 6.22. The van der Waals surface area contributed by atoms with Gasteiger partial charge in [-0.3, -0.25) is 0 Å². The van der Waals surface area contributed by atoms with E-state index < -0.39 is 0 Å². The van der Waals surface area contributed by atoms with Crippen molar-refractivity contribution in [2.24, 2.45) is 5.92 Å². The lowest BCUT2D eigenvalue weighted by molar-refractivity contribution is 0.400. The number of aromatic nitrogens is 2. The van der Waals surface area contributed by atoms with Crippen LogP contribution in [0.1, 0.15) is 57.8 Å². The summed E-state index contributed by atoms with van der Waals surface area (Å²) in [5, 5.41) is 0. The van der Waals surface area contributed by atoms with Crippen molar-refractivity contribution in [3.8, 4) is 0 Å². The largest absolute Gasteiger partial charge is 0.399 e. The fourth-order valence-corrected chi connectivity index (χ4v) is 3.40. The van der Waals surface area contributed by atoms with Crippen molar-refractivity contribution in [3.05, 3.63) is 24.0 Å². The van der Waals surface area contributed by atoms with Crippen molar-refractivity contribution in [1.82, 2.24) is 9.55 Å². The topological polar surface area (TPSA) is 43.8 Å². The van der Waals surface area contributed by atoms with E-state index in [0.29, 0.717) is 12.0 Å². The van der Waals surface area contributed by atoms with Crippen molar-refractivity contribution < 1.29 is 0 Å². The van der Waals surface area contributed by atoms with Crippen LogP contribution in [0.15, 0.2) is 18.2 Å². The van der Waals surface area contributed by atoms with Crippen molar-refractivity contribution >= 4 is 16.7 Å². The van der Waals surface area contributed by atoms with Crippen LogP contribution in [-0.4, -0.2) is 9.55 Å². The lowest BCUT2D eigenvalue weighted by Gasteiger charge is -2.22. The number of hydrogen-bond donors (Lipinski definition) is 1. The van der Waals surface area contributed by atoms with Crippen LogP contribution in [-0.2, 0) is 0 Å². The van der Waals surface area contributed by atoms with Crippen molar-refractivity contribution in [1.29, 1.82) is 0 Å². The molecular weight excluding hydrogens is 234 g/mol. The quantitative estimate of drug-likeness (QED) is 0.823. The molecule has 2 atom stereocenters. The van der Waals surface area contributed by atoms with Gasteiger partial charge in [0.15, 0.2) is 0 Å². The summed E-state index contributed by atoms with van der Waals surface area (Å²) in [5.41, 5.74) is 8.98. The summed E-state index contributed by atoms with van der Waals surface area (Å²) >= 11 is 0. The highest BCUT2D eigenvalue weighted by atomic mass is 15.1. The van der Waals surface area contributed by atoms with Crippen LogP contribution in [0.3, 0.4) is 0 Å². The Bertz CT molecular complexity index is 597. The minimum atomic E-state index is 0.446. The third kappa shape index (κ3) is 2.01. The molecule has 1 fully saturated rings. The average molecular weight is 257 g/mol. The van der Waals surface area contributed by atoms with E-state index in [1.54, 1.807) is 0 Å². The van der Waals surface area contributed by atoms with Gasteiger partial charge in [0, 0.05) is 17.6 Å². The van der Waals surface area contributed by atoms with Crippen LogP contribution in [0.2, 0.25) is 0 Å². The highest BCUT2D eigenvalue weighted by Gasteiger charge is 2.29. The first-order valence-corrected chi connectivity index (χ1v) is 7.35. The van der Waals surface area contributed by atoms with Gasteiger partial charge in [0.05, 0.1) is 11.0 Å². The van der Waals surface area contributed by atoms with Gasteiger partial charge in [-0.1, -0.05) is 27.2 Å². The Morgan fingerprint density at radius 2 is 2.11 bits per heavy atom. The summed E-state index contributed by atoms with van der Waals surface area (Å²) in [6.07, 6.45) is 3.94. The zero-order valence-electron chi connectivity index (χ0n) is 12.1. The monoisotopic (exact) mass is 257 g/mol. The number of fused-ring (bicyclic) bond motifs is 1. The minimum Gasteiger partial charge on any atom is -0.399 e. The van der Waals surface area contributed by atoms with E-state index in [2.05, 4.69) is 31.4 Å². The van der Waals surface area contributed by atoms with Gasteiger partial charge < -0.3 is 10.3 Å². The Morgan fingerprint density at radius 3 is 2.74 bits per heavy atom. The number of hydrogen-bond acceptors (Lipinski definition) is 2. The molecule has 2 unspecified atom stereocenters. The lowest BCUT2D eigenvalue weighted by atomic mass is 10.0. The van der Waals surface area contributed by atoms with Gasteiger partial charge in [0.2, 0.25) is 0 Å². The smallest absolute Gasteiger partial charge is 0.112 e. The molecule has 3 rings (SSSR count). The van der Waals surface area contributed by atoms with E-state index in [-0.39, 0.29) is 0 Å². The molecule has 0 saturated heterocycles. The number of nitrogen functional groups attached to an aromatic ring is 1. The first-order valence-electron chi connectivity index (χ1n) is 7.35. The zero-order valence-corrected chi connectivity index (χ0v) is 12.1. The maximum atomic E-state index is 5.89. The summed E-state index contributed by atoms with van der Waals surface area (Å²) < 4.78 is 2.48. The third-order valence-corrected chi connectivity index (χ3v) is 4.41. The second-order valence-corrected chi connectivity index (χ2v) is 6.22. The van der Waals surface area contributed by atoms with Crippen LogP contribution in [0.5, 0.6) is 0 Å². The van der Waals surface area contributed by atoms with Gasteiger partial charge >= 0.3 is 0 Å². The molecule has 1 heterocycles. The Hall–Kier alpha value is -1.51. The molecule has 3 nitrogen and oxygen atoms in total. The molecule has 0 aliphatic heterocycles. The van der Waals surface area contributed by atoms with E-state index in [0.717, 1.165) is 17.1 Å². The summed E-state index contributed by atoms with van der Waals surface area (Å²) in [6, 6.07) is 6.72. The van der Waals surface area contributed by atoms with Crippen LogP contribution in [0, 0.1) is 5.92 Å².